The van der Waals surface area contributed by atoms with Crippen LogP contribution in [0.1, 0.15) is 10.4 Å². The monoisotopic (exact) mass is 339 g/mol. The summed E-state index contributed by atoms with van der Waals surface area (Å²) in [5.41, 5.74) is 0.682. The van der Waals surface area contributed by atoms with E-state index >= 15 is 0 Å². The van der Waals surface area contributed by atoms with Gasteiger partial charge in [0.05, 0.1) is 6.20 Å². The van der Waals surface area contributed by atoms with E-state index < -0.39 is 5.97 Å². The molecule has 8 nitrogen and oxygen atoms in total. The van der Waals surface area contributed by atoms with Gasteiger partial charge >= 0.3 is 5.97 Å². The van der Waals surface area contributed by atoms with Crippen molar-refractivity contribution in [3.05, 3.63) is 40.5 Å². The summed E-state index contributed by atoms with van der Waals surface area (Å²) >= 11 is 3.33. The lowest BCUT2D eigenvalue weighted by Gasteiger charge is -2.08. The highest BCUT2D eigenvalue weighted by molar-refractivity contribution is 9.10. The molecule has 0 amide bonds. The van der Waals surface area contributed by atoms with Crippen molar-refractivity contribution in [2.75, 3.05) is 5.32 Å². The molecule has 0 aliphatic heterocycles. The van der Waals surface area contributed by atoms with Crippen molar-refractivity contribution in [1.29, 1.82) is 0 Å². The molecule has 0 bridgehead atoms. The number of benzene rings is 1. The third kappa shape index (κ3) is 3.20. The predicted octanol–water partition coefficient (Wildman–Crippen LogP) is 1.27. The summed E-state index contributed by atoms with van der Waals surface area (Å²) in [5.74, 6) is 9.05. The zero-order valence-corrected chi connectivity index (χ0v) is 11.6. The van der Waals surface area contributed by atoms with Gasteiger partial charge in [-0.15, -0.1) is 0 Å². The van der Waals surface area contributed by atoms with Gasteiger partial charge in [0, 0.05) is 10.2 Å². The second kappa shape index (κ2) is 6.28. The summed E-state index contributed by atoms with van der Waals surface area (Å²) in [7, 11) is 0. The van der Waals surface area contributed by atoms with Crippen molar-refractivity contribution < 1.29 is 14.5 Å². The zero-order chi connectivity index (χ0) is 14.5. The van der Waals surface area contributed by atoms with Crippen molar-refractivity contribution in [2.45, 2.75) is 0 Å². The van der Waals surface area contributed by atoms with Crippen molar-refractivity contribution in [3.8, 4) is 5.88 Å². The minimum absolute atomic E-state index is 0.0728. The molecule has 0 radical (unpaired) electrons. The summed E-state index contributed by atoms with van der Waals surface area (Å²) in [5, 5.41) is 2.93. The first-order valence-electron chi connectivity index (χ1n) is 5.31. The van der Waals surface area contributed by atoms with Gasteiger partial charge in [-0.2, -0.15) is 16.8 Å². The van der Waals surface area contributed by atoms with Gasteiger partial charge in [-0.3, -0.25) is 0 Å². The van der Waals surface area contributed by atoms with Crippen molar-refractivity contribution >= 4 is 33.5 Å². The molecule has 0 aliphatic rings. The van der Waals surface area contributed by atoms with Gasteiger partial charge in [0.15, 0.2) is 0 Å². The molecule has 0 aliphatic carbocycles. The van der Waals surface area contributed by atoms with E-state index in [1.54, 1.807) is 0 Å². The number of nitrogens with zero attached hydrogens (tertiary/aromatic N) is 2. The molecule has 0 fully saturated rings. The van der Waals surface area contributed by atoms with Crippen LogP contribution in [-0.2, 0) is 4.84 Å². The third-order valence-electron chi connectivity index (χ3n) is 2.29. The van der Waals surface area contributed by atoms with Gasteiger partial charge in [-0.1, -0.05) is 15.9 Å². The van der Waals surface area contributed by atoms with E-state index in [0.29, 0.717) is 0 Å². The van der Waals surface area contributed by atoms with Crippen LogP contribution in [0.5, 0.6) is 5.88 Å². The number of hydrogen-bond acceptors (Lipinski definition) is 8. The van der Waals surface area contributed by atoms with Crippen LogP contribution in [-0.4, -0.2) is 15.9 Å². The Morgan fingerprint density at radius 2 is 1.95 bits per heavy atom. The normalized spacial score (nSPS) is 9.95. The minimum Gasteiger partial charge on any atom is -0.390 e. The molecule has 0 saturated heterocycles. The highest BCUT2D eigenvalue weighted by atomic mass is 79.9. The van der Waals surface area contributed by atoms with Crippen molar-refractivity contribution in [2.24, 2.45) is 11.8 Å². The van der Waals surface area contributed by atoms with Crippen LogP contribution in [0.4, 0.5) is 11.6 Å². The van der Waals surface area contributed by atoms with E-state index in [4.69, 9.17) is 11.8 Å². The maximum atomic E-state index is 11.3. The molecule has 1 aromatic carbocycles. The van der Waals surface area contributed by atoms with Crippen LogP contribution in [0.2, 0.25) is 0 Å². The lowest BCUT2D eigenvalue weighted by Crippen LogP contribution is -2.16. The molecule has 20 heavy (non-hydrogen) atoms. The van der Waals surface area contributed by atoms with E-state index in [0.717, 1.165) is 10.2 Å². The lowest BCUT2D eigenvalue weighted by molar-refractivity contribution is 0.0497. The van der Waals surface area contributed by atoms with E-state index in [9.17, 15) is 4.79 Å². The summed E-state index contributed by atoms with van der Waals surface area (Å²) in [6.45, 7) is 0. The first-order chi connectivity index (χ1) is 9.63. The molecule has 9 heteroatoms. The molecule has 1 heterocycles. The van der Waals surface area contributed by atoms with Crippen LogP contribution >= 0.6 is 15.9 Å². The van der Waals surface area contributed by atoms with Gasteiger partial charge in [0.1, 0.15) is 5.56 Å². The Morgan fingerprint density at radius 1 is 1.25 bits per heavy atom. The number of halogens is 1. The van der Waals surface area contributed by atoms with Crippen LogP contribution in [0.3, 0.4) is 0 Å². The smallest absolute Gasteiger partial charge is 0.363 e. The number of nitrogens with one attached hydrogen (secondary N) is 1. The van der Waals surface area contributed by atoms with E-state index in [2.05, 4.69) is 40.9 Å². The molecule has 0 unspecified atom stereocenters. The fourth-order valence-corrected chi connectivity index (χ4v) is 1.65. The van der Waals surface area contributed by atoms with Gasteiger partial charge in [-0.05, 0) is 24.3 Å². The lowest BCUT2D eigenvalue weighted by atomic mass is 10.3. The standard InChI is InChI=1S/C11H10BrN5O3/c12-6-1-3-7(4-2-6)16-11-15-5-8(10(18)20-14)9(17-11)19-13/h1-5H,13-14H2,(H,15,16,17). The van der Waals surface area contributed by atoms with Crippen LogP contribution < -0.4 is 21.9 Å². The van der Waals surface area contributed by atoms with E-state index in [1.807, 2.05) is 24.3 Å². The van der Waals surface area contributed by atoms with Gasteiger partial charge in [0.2, 0.25) is 5.95 Å². The molecule has 2 rings (SSSR count). The number of hydrogen-bond donors (Lipinski definition) is 3. The number of anilines is 2. The molecule has 2 aromatic rings. The average Bonchev–Trinajstić information content (AvgIpc) is 2.48. The topological polar surface area (TPSA) is 125 Å². The van der Waals surface area contributed by atoms with Crippen LogP contribution in [0.25, 0.3) is 0 Å². The maximum Gasteiger partial charge on any atom is 0.363 e. The summed E-state index contributed by atoms with van der Waals surface area (Å²) in [6, 6.07) is 7.34. The van der Waals surface area contributed by atoms with Gasteiger partial charge < -0.3 is 15.0 Å². The second-order valence-electron chi connectivity index (χ2n) is 3.57. The number of carbonyl (C=O) groups excluding carboxylic acids is 1. The second-order valence-corrected chi connectivity index (χ2v) is 4.48. The summed E-state index contributed by atoms with van der Waals surface area (Å²) in [4.78, 5) is 27.8. The highest BCUT2D eigenvalue weighted by Gasteiger charge is 2.17. The molecule has 5 N–H and O–H groups in total. The first kappa shape index (κ1) is 14.2. The number of nitrogens with two attached hydrogens (primary N) is 2. The SMILES string of the molecule is NOC(=O)c1cnc(Nc2ccc(Br)cc2)nc1ON. The fourth-order valence-electron chi connectivity index (χ4n) is 1.38. The Morgan fingerprint density at radius 3 is 2.55 bits per heavy atom. The first-order valence-corrected chi connectivity index (χ1v) is 6.10. The summed E-state index contributed by atoms with van der Waals surface area (Å²) < 4.78 is 0.941. The van der Waals surface area contributed by atoms with E-state index in [1.165, 1.54) is 6.20 Å². The molecular weight excluding hydrogens is 330 g/mol. The minimum atomic E-state index is -0.847. The average molecular weight is 340 g/mol. The van der Waals surface area contributed by atoms with Gasteiger partial charge in [0.25, 0.3) is 5.88 Å². The quantitative estimate of drug-likeness (QED) is 0.711. The van der Waals surface area contributed by atoms with Crippen molar-refractivity contribution in [3.63, 3.8) is 0 Å². The molecule has 0 spiro atoms. The largest absolute Gasteiger partial charge is 0.390 e. The number of carbonyl (C=O) groups is 1. The highest BCUT2D eigenvalue weighted by Crippen LogP contribution is 2.20. The Kier molecular flexibility index (Phi) is 4.45. The third-order valence-corrected chi connectivity index (χ3v) is 2.82. The van der Waals surface area contributed by atoms with Crippen molar-refractivity contribution in [1.82, 2.24) is 9.97 Å². The van der Waals surface area contributed by atoms with Crippen LogP contribution in [0, 0.1) is 0 Å². The Bertz CT molecular complexity index is 620. The number of aromatic nitrogens is 2. The Balaban J connectivity index is 2.25. The van der Waals surface area contributed by atoms with Crippen LogP contribution in [0.15, 0.2) is 34.9 Å². The maximum absolute atomic E-state index is 11.3. The van der Waals surface area contributed by atoms with E-state index in [-0.39, 0.29) is 17.4 Å². The summed E-state index contributed by atoms with van der Waals surface area (Å²) in [6.07, 6.45) is 1.20. The molecule has 1 aromatic heterocycles. The molecule has 0 saturated carbocycles. The molecular formula is C11H10BrN5O3. The molecule has 0 atom stereocenters. The zero-order valence-electron chi connectivity index (χ0n) is 10.0. The number of rotatable bonds is 4. The Labute approximate surface area is 122 Å². The fraction of sp³-hybridized carbons (Fsp3) is 0. The Hall–Kier alpha value is -2.23. The molecule has 104 valence electrons. The van der Waals surface area contributed by atoms with Gasteiger partial charge in [-0.25, -0.2) is 9.78 Å². The predicted molar refractivity (Wildman–Crippen MR) is 73.9 cm³/mol.